The number of carbonyl (C=O) groups is 1. The van der Waals surface area contributed by atoms with Crippen LogP contribution in [0.15, 0.2) is 12.1 Å². The van der Waals surface area contributed by atoms with Crippen molar-refractivity contribution in [3.8, 4) is 5.75 Å². The smallest absolute Gasteiger partial charge is 1.00 e. The van der Waals surface area contributed by atoms with Crippen molar-refractivity contribution in [2.45, 2.75) is 20.0 Å². The Bertz CT molecular complexity index is 368. The number of aromatic carboxylic acids is 1. The van der Waals surface area contributed by atoms with Crippen LogP contribution in [0.2, 0.25) is 0 Å². The maximum absolute atomic E-state index is 10.7. The quantitative estimate of drug-likeness (QED) is 0.528. The van der Waals surface area contributed by atoms with E-state index in [9.17, 15) is 9.90 Å². The second kappa shape index (κ2) is 6.12. The van der Waals surface area contributed by atoms with Crippen molar-refractivity contribution in [2.24, 2.45) is 0 Å². The van der Waals surface area contributed by atoms with Crippen LogP contribution in [-0.4, -0.2) is 21.3 Å². The third-order valence-corrected chi connectivity index (χ3v) is 2.13. The maximum Gasteiger partial charge on any atom is 1.00 e. The molecule has 0 spiro atoms. The van der Waals surface area contributed by atoms with Crippen molar-refractivity contribution in [3.05, 3.63) is 28.8 Å². The summed E-state index contributed by atoms with van der Waals surface area (Å²) in [7, 11) is 0. The first-order valence-electron chi connectivity index (χ1n) is 4.29. The number of aromatic hydroxyl groups is 1. The molecule has 0 saturated heterocycles. The van der Waals surface area contributed by atoms with Gasteiger partial charge in [0.15, 0.2) is 0 Å². The van der Waals surface area contributed by atoms with Crippen LogP contribution in [0.3, 0.4) is 0 Å². The molecule has 0 aliphatic rings. The fourth-order valence-electron chi connectivity index (χ4n) is 1.39. The van der Waals surface area contributed by atoms with Crippen LogP contribution in [0.25, 0.3) is 0 Å². The molecule has 78 valence electrons. The van der Waals surface area contributed by atoms with E-state index >= 15 is 0 Å². The van der Waals surface area contributed by atoms with Gasteiger partial charge in [0.2, 0.25) is 0 Å². The van der Waals surface area contributed by atoms with E-state index in [-0.39, 0.29) is 48.9 Å². The minimum atomic E-state index is -1.17. The van der Waals surface area contributed by atoms with Gasteiger partial charge in [-0.3, -0.25) is 0 Å². The topological polar surface area (TPSA) is 77.8 Å². The van der Waals surface area contributed by atoms with E-state index in [0.717, 1.165) is 0 Å². The Kier molecular flexibility index (Phi) is 5.90. The SMILES string of the molecule is CCc1c(CO)ccc(C(=O)O)c1O.[H-].[Na+]. The van der Waals surface area contributed by atoms with Crippen molar-refractivity contribution < 1.29 is 51.1 Å². The van der Waals surface area contributed by atoms with Gasteiger partial charge in [-0.25, -0.2) is 4.79 Å². The number of phenols is 1. The predicted molar refractivity (Wildman–Crippen MR) is 51.5 cm³/mol. The first-order valence-corrected chi connectivity index (χ1v) is 4.29. The molecular formula is C10H13NaO4. The normalized spacial score (nSPS) is 9.47. The Morgan fingerprint density at radius 2 is 2.07 bits per heavy atom. The van der Waals surface area contributed by atoms with Crippen LogP contribution in [0.1, 0.15) is 29.8 Å². The summed E-state index contributed by atoms with van der Waals surface area (Å²) < 4.78 is 0. The van der Waals surface area contributed by atoms with E-state index in [1.165, 1.54) is 12.1 Å². The van der Waals surface area contributed by atoms with Gasteiger partial charge in [0.25, 0.3) is 0 Å². The molecule has 0 aromatic heterocycles. The second-order valence-electron chi connectivity index (χ2n) is 2.92. The molecule has 0 fully saturated rings. The largest absolute Gasteiger partial charge is 1.00 e. The molecule has 0 unspecified atom stereocenters. The van der Waals surface area contributed by atoms with E-state index < -0.39 is 5.97 Å². The first kappa shape index (κ1) is 14.5. The Labute approximate surface area is 111 Å². The standard InChI is InChI=1S/C10H12O4.Na.H/c1-2-7-6(5-11)3-4-8(9(7)12)10(13)14;;/h3-4,11-12H,2,5H2,1H3,(H,13,14);;/q;+1;-1. The molecule has 0 aliphatic heterocycles. The van der Waals surface area contributed by atoms with Crippen LogP contribution in [0.4, 0.5) is 0 Å². The van der Waals surface area contributed by atoms with Crippen LogP contribution >= 0.6 is 0 Å². The van der Waals surface area contributed by atoms with Gasteiger partial charge >= 0.3 is 35.5 Å². The third-order valence-electron chi connectivity index (χ3n) is 2.13. The number of aliphatic hydroxyl groups is 1. The Morgan fingerprint density at radius 3 is 2.47 bits per heavy atom. The zero-order valence-corrected chi connectivity index (χ0v) is 10.8. The van der Waals surface area contributed by atoms with Gasteiger partial charge < -0.3 is 16.7 Å². The second-order valence-corrected chi connectivity index (χ2v) is 2.92. The van der Waals surface area contributed by atoms with Gasteiger partial charge in [-0.05, 0) is 23.6 Å². The molecule has 0 radical (unpaired) electrons. The van der Waals surface area contributed by atoms with Crippen molar-refractivity contribution in [2.75, 3.05) is 0 Å². The van der Waals surface area contributed by atoms with Crippen molar-refractivity contribution >= 4 is 5.97 Å². The van der Waals surface area contributed by atoms with Crippen LogP contribution < -0.4 is 29.6 Å². The molecule has 0 amide bonds. The van der Waals surface area contributed by atoms with Gasteiger partial charge in [-0.1, -0.05) is 13.0 Å². The molecule has 1 aromatic carbocycles. The third kappa shape index (κ3) is 2.95. The molecule has 0 aliphatic carbocycles. The summed E-state index contributed by atoms with van der Waals surface area (Å²) in [5.74, 6) is -1.41. The number of aliphatic hydroxyl groups excluding tert-OH is 1. The molecule has 1 aromatic rings. The van der Waals surface area contributed by atoms with Crippen LogP contribution in [0.5, 0.6) is 5.75 Å². The fourth-order valence-corrected chi connectivity index (χ4v) is 1.39. The van der Waals surface area contributed by atoms with Gasteiger partial charge in [0, 0.05) is 0 Å². The van der Waals surface area contributed by atoms with Crippen molar-refractivity contribution in [1.29, 1.82) is 0 Å². The van der Waals surface area contributed by atoms with Gasteiger partial charge in [0.05, 0.1) is 6.61 Å². The molecule has 3 N–H and O–H groups in total. The summed E-state index contributed by atoms with van der Waals surface area (Å²) in [5, 5.41) is 27.3. The van der Waals surface area contributed by atoms with E-state index in [0.29, 0.717) is 17.5 Å². The molecule has 1 rings (SSSR count). The minimum absolute atomic E-state index is 0. The number of carboxylic acids is 1. The number of rotatable bonds is 3. The molecule has 4 nitrogen and oxygen atoms in total. The van der Waals surface area contributed by atoms with E-state index in [4.69, 9.17) is 10.2 Å². The Morgan fingerprint density at radius 1 is 1.47 bits per heavy atom. The zero-order chi connectivity index (χ0) is 10.7. The molecule has 15 heavy (non-hydrogen) atoms. The molecule has 0 bridgehead atoms. The van der Waals surface area contributed by atoms with Crippen LogP contribution in [-0.2, 0) is 13.0 Å². The molecule has 0 saturated carbocycles. The average molecular weight is 220 g/mol. The van der Waals surface area contributed by atoms with E-state index in [2.05, 4.69) is 0 Å². The predicted octanol–water partition coefficient (Wildman–Crippen LogP) is -1.74. The summed E-state index contributed by atoms with van der Waals surface area (Å²) in [6.45, 7) is 1.59. The monoisotopic (exact) mass is 220 g/mol. The number of benzene rings is 1. The number of carboxylic acid groups (broad SMARTS) is 1. The van der Waals surface area contributed by atoms with Gasteiger partial charge in [-0.2, -0.15) is 0 Å². The molecular weight excluding hydrogens is 207 g/mol. The fraction of sp³-hybridized carbons (Fsp3) is 0.300. The first-order chi connectivity index (χ1) is 6.61. The van der Waals surface area contributed by atoms with Crippen molar-refractivity contribution in [3.63, 3.8) is 0 Å². The Balaban J connectivity index is 0. The minimum Gasteiger partial charge on any atom is -1.00 e. The van der Waals surface area contributed by atoms with E-state index in [1.54, 1.807) is 6.92 Å². The van der Waals surface area contributed by atoms with Crippen molar-refractivity contribution in [1.82, 2.24) is 0 Å². The Hall–Kier alpha value is -0.550. The van der Waals surface area contributed by atoms with Crippen LogP contribution in [0, 0.1) is 0 Å². The summed E-state index contributed by atoms with van der Waals surface area (Å²) >= 11 is 0. The van der Waals surface area contributed by atoms with Gasteiger partial charge in [0.1, 0.15) is 11.3 Å². The maximum atomic E-state index is 10.7. The zero-order valence-electron chi connectivity index (χ0n) is 9.82. The molecule has 5 heteroatoms. The molecule has 0 heterocycles. The number of hydrogen-bond donors (Lipinski definition) is 3. The van der Waals surface area contributed by atoms with Gasteiger partial charge in [-0.15, -0.1) is 0 Å². The summed E-state index contributed by atoms with van der Waals surface area (Å²) in [5.41, 5.74) is 0.932. The molecule has 0 atom stereocenters. The summed E-state index contributed by atoms with van der Waals surface area (Å²) in [4.78, 5) is 10.7. The summed E-state index contributed by atoms with van der Waals surface area (Å²) in [6.07, 6.45) is 0.489. The number of hydrogen-bond acceptors (Lipinski definition) is 3. The average Bonchev–Trinajstić information content (AvgIpc) is 2.16. The summed E-state index contributed by atoms with van der Waals surface area (Å²) in [6, 6.07) is 2.81. The van der Waals surface area contributed by atoms with E-state index in [1.807, 2.05) is 0 Å².